The summed E-state index contributed by atoms with van der Waals surface area (Å²) in [5.41, 5.74) is 9.88. The maximum absolute atomic E-state index is 10.8. The first-order valence-electron chi connectivity index (χ1n) is 5.39. The van der Waals surface area contributed by atoms with Crippen LogP contribution in [0.25, 0.3) is 0 Å². The van der Waals surface area contributed by atoms with E-state index >= 15 is 0 Å². The Hall–Kier alpha value is -1.87. The molecule has 0 radical (unpaired) electrons. The van der Waals surface area contributed by atoms with Crippen LogP contribution in [0.2, 0.25) is 0 Å². The Labute approximate surface area is 104 Å². The fourth-order valence-corrected chi connectivity index (χ4v) is 1.14. The van der Waals surface area contributed by atoms with E-state index in [9.17, 15) is 14.4 Å². The average molecular weight is 262 g/mol. The van der Waals surface area contributed by atoms with Crippen LogP contribution in [0.5, 0.6) is 0 Å². The van der Waals surface area contributed by atoms with Crippen molar-refractivity contribution in [3.05, 3.63) is 0 Å². The van der Waals surface area contributed by atoms with Crippen LogP contribution in [0.15, 0.2) is 0 Å². The number of hydrogen-bond donors (Lipinski definition) is 6. The van der Waals surface area contributed by atoms with Gasteiger partial charge in [0.2, 0.25) is 0 Å². The summed E-state index contributed by atoms with van der Waals surface area (Å²) in [5, 5.41) is 19.6. The second-order valence-corrected chi connectivity index (χ2v) is 3.54. The number of nitrogens with one attached hydrogen (secondary N) is 3. The molecule has 0 aliphatic rings. The topological polar surface area (TPSA) is 154 Å². The number of carbonyl (C=O) groups is 3. The monoisotopic (exact) mass is 262 g/mol. The lowest BCUT2D eigenvalue weighted by molar-refractivity contribution is -0.140. The number of hydrazine groups is 1. The molecule has 9 heteroatoms. The largest absolute Gasteiger partial charge is 0.481 e. The van der Waals surface area contributed by atoms with Crippen LogP contribution in [-0.2, 0) is 9.59 Å². The molecule has 0 unspecified atom stereocenters. The summed E-state index contributed by atoms with van der Waals surface area (Å²) in [6, 6.07) is -1.51. The third-order valence-corrected chi connectivity index (χ3v) is 2.01. The maximum Gasteiger partial charge on any atom is 0.322 e. The van der Waals surface area contributed by atoms with Crippen LogP contribution in [0.1, 0.15) is 19.3 Å². The highest BCUT2D eigenvalue weighted by atomic mass is 16.4. The zero-order valence-electron chi connectivity index (χ0n) is 9.81. The summed E-state index contributed by atoms with van der Waals surface area (Å²) in [4.78, 5) is 31.4. The number of urea groups is 1. The lowest BCUT2D eigenvalue weighted by Crippen LogP contribution is -2.46. The number of hydrogen-bond acceptors (Lipinski definition) is 5. The Balaban J connectivity index is 3.75. The molecule has 0 rings (SSSR count). The van der Waals surface area contributed by atoms with Gasteiger partial charge in [-0.3, -0.25) is 15.0 Å². The Morgan fingerprint density at radius 1 is 1.17 bits per heavy atom. The normalized spacial score (nSPS) is 11.8. The SMILES string of the molecule is NC(=O)NCCC[C@H](NNCCC(=O)O)C(=O)O. The van der Waals surface area contributed by atoms with Crippen LogP contribution in [-0.4, -0.2) is 47.3 Å². The van der Waals surface area contributed by atoms with Crippen molar-refractivity contribution in [2.45, 2.75) is 25.3 Å². The van der Waals surface area contributed by atoms with Gasteiger partial charge < -0.3 is 21.3 Å². The third kappa shape index (κ3) is 9.36. The van der Waals surface area contributed by atoms with E-state index in [1.165, 1.54) is 0 Å². The molecule has 0 aromatic rings. The number of amides is 2. The van der Waals surface area contributed by atoms with E-state index in [1.54, 1.807) is 0 Å². The zero-order chi connectivity index (χ0) is 14.0. The van der Waals surface area contributed by atoms with Crippen molar-refractivity contribution >= 4 is 18.0 Å². The Morgan fingerprint density at radius 2 is 1.83 bits per heavy atom. The van der Waals surface area contributed by atoms with E-state index in [4.69, 9.17) is 15.9 Å². The van der Waals surface area contributed by atoms with E-state index in [0.717, 1.165) is 0 Å². The van der Waals surface area contributed by atoms with Gasteiger partial charge in [-0.05, 0) is 12.8 Å². The van der Waals surface area contributed by atoms with Crippen LogP contribution in [0.3, 0.4) is 0 Å². The summed E-state index contributed by atoms with van der Waals surface area (Å²) in [6.45, 7) is 0.411. The number of carboxylic acids is 2. The highest BCUT2D eigenvalue weighted by Crippen LogP contribution is 1.95. The summed E-state index contributed by atoms with van der Waals surface area (Å²) >= 11 is 0. The number of nitrogens with two attached hydrogens (primary N) is 1. The van der Waals surface area contributed by atoms with Gasteiger partial charge in [0.05, 0.1) is 6.42 Å². The molecule has 0 saturated carbocycles. The van der Waals surface area contributed by atoms with Crippen LogP contribution < -0.4 is 21.9 Å². The van der Waals surface area contributed by atoms with Gasteiger partial charge in [0.1, 0.15) is 6.04 Å². The van der Waals surface area contributed by atoms with Crippen LogP contribution in [0.4, 0.5) is 4.79 Å². The molecule has 0 saturated heterocycles. The summed E-state index contributed by atoms with van der Waals surface area (Å²) in [6.07, 6.45) is 0.603. The third-order valence-electron chi connectivity index (χ3n) is 2.01. The standard InChI is InChI=1S/C9H18N4O5/c10-9(18)11-4-1-2-6(8(16)17)13-12-5-3-7(14)15/h6,12-13H,1-5H2,(H,14,15)(H,16,17)(H3,10,11,18)/t6-/m0/s1. The van der Waals surface area contributed by atoms with E-state index in [1.807, 2.05) is 0 Å². The lowest BCUT2D eigenvalue weighted by Gasteiger charge is -2.14. The molecule has 7 N–H and O–H groups in total. The van der Waals surface area contributed by atoms with Gasteiger partial charge in [0, 0.05) is 13.1 Å². The molecular formula is C9H18N4O5. The molecule has 0 aromatic carbocycles. The molecule has 0 heterocycles. The molecule has 0 fully saturated rings. The number of carboxylic acid groups (broad SMARTS) is 2. The quantitative estimate of drug-likeness (QED) is 0.206. The van der Waals surface area contributed by atoms with E-state index < -0.39 is 24.0 Å². The molecular weight excluding hydrogens is 244 g/mol. The van der Waals surface area contributed by atoms with E-state index in [0.29, 0.717) is 6.42 Å². The van der Waals surface area contributed by atoms with Crippen LogP contribution in [0, 0.1) is 0 Å². The van der Waals surface area contributed by atoms with Crippen molar-refractivity contribution in [3.8, 4) is 0 Å². The highest BCUT2D eigenvalue weighted by Gasteiger charge is 2.15. The minimum Gasteiger partial charge on any atom is -0.481 e. The maximum atomic E-state index is 10.8. The van der Waals surface area contributed by atoms with Gasteiger partial charge in [0.25, 0.3) is 0 Å². The molecule has 0 aromatic heterocycles. The zero-order valence-corrected chi connectivity index (χ0v) is 9.81. The first-order chi connectivity index (χ1) is 8.43. The van der Waals surface area contributed by atoms with E-state index in [2.05, 4.69) is 16.2 Å². The number of rotatable bonds is 10. The number of aliphatic carboxylic acids is 2. The average Bonchev–Trinajstić information content (AvgIpc) is 2.25. The molecule has 2 amide bonds. The van der Waals surface area contributed by atoms with Crippen molar-refractivity contribution in [3.63, 3.8) is 0 Å². The number of primary amides is 1. The second-order valence-electron chi connectivity index (χ2n) is 3.54. The van der Waals surface area contributed by atoms with Gasteiger partial charge in [-0.15, -0.1) is 0 Å². The smallest absolute Gasteiger partial charge is 0.322 e. The second kappa shape index (κ2) is 9.19. The summed E-state index contributed by atoms with van der Waals surface area (Å²) < 4.78 is 0. The van der Waals surface area contributed by atoms with Gasteiger partial charge in [0.15, 0.2) is 0 Å². The van der Waals surface area contributed by atoms with E-state index in [-0.39, 0.29) is 25.9 Å². The minimum absolute atomic E-state index is 0.109. The Kier molecular flexibility index (Phi) is 8.24. The molecule has 0 aliphatic heterocycles. The van der Waals surface area contributed by atoms with Crippen molar-refractivity contribution in [1.82, 2.24) is 16.2 Å². The van der Waals surface area contributed by atoms with Crippen LogP contribution >= 0.6 is 0 Å². The fraction of sp³-hybridized carbons (Fsp3) is 0.667. The summed E-state index contributed by atoms with van der Waals surface area (Å²) in [7, 11) is 0. The molecule has 0 bridgehead atoms. The Morgan fingerprint density at radius 3 is 2.33 bits per heavy atom. The molecule has 0 spiro atoms. The predicted molar refractivity (Wildman–Crippen MR) is 61.6 cm³/mol. The highest BCUT2D eigenvalue weighted by molar-refractivity contribution is 5.73. The van der Waals surface area contributed by atoms with Crippen molar-refractivity contribution in [2.24, 2.45) is 5.73 Å². The molecule has 1 atom stereocenters. The molecule has 0 aliphatic carbocycles. The molecule has 18 heavy (non-hydrogen) atoms. The van der Waals surface area contributed by atoms with Gasteiger partial charge >= 0.3 is 18.0 Å². The van der Waals surface area contributed by atoms with Gasteiger partial charge in [-0.25, -0.2) is 10.2 Å². The van der Waals surface area contributed by atoms with Crippen molar-refractivity contribution in [1.29, 1.82) is 0 Å². The van der Waals surface area contributed by atoms with Crippen molar-refractivity contribution < 1.29 is 24.6 Å². The molecule has 9 nitrogen and oxygen atoms in total. The first-order valence-corrected chi connectivity index (χ1v) is 5.39. The van der Waals surface area contributed by atoms with Gasteiger partial charge in [-0.1, -0.05) is 0 Å². The van der Waals surface area contributed by atoms with Gasteiger partial charge in [-0.2, -0.15) is 0 Å². The number of carbonyl (C=O) groups excluding carboxylic acids is 1. The first kappa shape index (κ1) is 16.1. The Bertz CT molecular complexity index is 275. The minimum atomic E-state index is -1.06. The van der Waals surface area contributed by atoms with Crippen molar-refractivity contribution in [2.75, 3.05) is 13.1 Å². The summed E-state index contributed by atoms with van der Waals surface area (Å²) in [5.74, 6) is -2.03. The lowest BCUT2D eigenvalue weighted by atomic mass is 10.1. The molecule has 104 valence electrons. The predicted octanol–water partition coefficient (Wildman–Crippen LogP) is -1.54. The fourth-order valence-electron chi connectivity index (χ4n) is 1.14.